The van der Waals surface area contributed by atoms with Gasteiger partial charge in [0.1, 0.15) is 5.69 Å². The lowest BCUT2D eigenvalue weighted by Crippen LogP contribution is -2.34. The number of benzene rings is 2. The molecule has 3 heterocycles. The van der Waals surface area contributed by atoms with Crippen molar-refractivity contribution >= 4 is 29.4 Å². The fourth-order valence-corrected chi connectivity index (χ4v) is 4.60. The van der Waals surface area contributed by atoms with Crippen LogP contribution in [0.5, 0.6) is 0 Å². The van der Waals surface area contributed by atoms with Gasteiger partial charge < -0.3 is 14.7 Å². The molecule has 3 aromatic rings. The van der Waals surface area contributed by atoms with Crippen molar-refractivity contribution in [2.45, 2.75) is 12.0 Å². The second kappa shape index (κ2) is 7.46. The standard InChI is InChI=1S/C24H17ClN2O5/c25-18-12-14(19-6-3-7-20(26-19)22(29)30)8-9-16(18)21(28)27-11-10-24(13-27)17-5-2-1-4-15(17)23(31)32-24/h1-9,12H,10-11,13H2,(H,29,30)/t24-/m0/s1. The van der Waals surface area contributed by atoms with Crippen LogP contribution in [0.2, 0.25) is 5.02 Å². The van der Waals surface area contributed by atoms with Gasteiger partial charge in [-0.3, -0.25) is 4.79 Å². The van der Waals surface area contributed by atoms with E-state index in [0.717, 1.165) is 5.56 Å². The number of fused-ring (bicyclic) bond motifs is 2. The maximum atomic E-state index is 13.2. The third-order valence-corrected chi connectivity index (χ3v) is 6.22. The van der Waals surface area contributed by atoms with Crippen LogP contribution in [0.1, 0.15) is 43.2 Å². The van der Waals surface area contributed by atoms with E-state index in [1.54, 1.807) is 47.4 Å². The monoisotopic (exact) mass is 448 g/mol. The van der Waals surface area contributed by atoms with Gasteiger partial charge in [0.2, 0.25) is 0 Å². The van der Waals surface area contributed by atoms with Gasteiger partial charge in [-0.1, -0.05) is 41.9 Å². The maximum Gasteiger partial charge on any atom is 0.354 e. The van der Waals surface area contributed by atoms with Gasteiger partial charge in [0.25, 0.3) is 5.91 Å². The molecule has 0 radical (unpaired) electrons. The first-order valence-corrected chi connectivity index (χ1v) is 10.4. The number of rotatable bonds is 3. The van der Waals surface area contributed by atoms with Gasteiger partial charge in [-0.05, 0) is 30.3 Å². The van der Waals surface area contributed by atoms with E-state index in [4.69, 9.17) is 21.4 Å². The largest absolute Gasteiger partial charge is 0.477 e. The molecule has 8 heteroatoms. The Bertz CT molecular complexity index is 1290. The first-order chi connectivity index (χ1) is 15.4. The number of carbonyl (C=O) groups excluding carboxylic acids is 2. The van der Waals surface area contributed by atoms with Crippen molar-refractivity contribution in [1.29, 1.82) is 0 Å². The van der Waals surface area contributed by atoms with E-state index in [9.17, 15) is 14.4 Å². The minimum atomic E-state index is -1.12. The Labute approximate surface area is 188 Å². The second-order valence-corrected chi connectivity index (χ2v) is 8.22. The molecule has 160 valence electrons. The molecule has 1 fully saturated rings. The van der Waals surface area contributed by atoms with Crippen LogP contribution in [-0.2, 0) is 10.3 Å². The summed E-state index contributed by atoms with van der Waals surface area (Å²) in [6.07, 6.45) is 0.517. The number of hydrogen-bond donors (Lipinski definition) is 1. The summed E-state index contributed by atoms with van der Waals surface area (Å²) < 4.78 is 5.71. The van der Waals surface area contributed by atoms with Crippen molar-refractivity contribution in [3.8, 4) is 11.3 Å². The topological polar surface area (TPSA) is 96.8 Å². The molecule has 2 aliphatic heterocycles. The van der Waals surface area contributed by atoms with Crippen LogP contribution in [0, 0.1) is 0 Å². The van der Waals surface area contributed by atoms with Crippen molar-refractivity contribution in [1.82, 2.24) is 9.88 Å². The molecular weight excluding hydrogens is 432 g/mol. The number of halogens is 1. The number of carboxylic acids is 1. The second-order valence-electron chi connectivity index (χ2n) is 7.81. The zero-order valence-corrected chi connectivity index (χ0v) is 17.5. The molecule has 0 aliphatic carbocycles. The number of likely N-dealkylation sites (tertiary alicyclic amines) is 1. The Morgan fingerprint density at radius 2 is 1.91 bits per heavy atom. The molecule has 0 saturated carbocycles. The molecule has 0 unspecified atom stereocenters. The van der Waals surface area contributed by atoms with E-state index in [1.807, 2.05) is 12.1 Å². The molecule has 1 saturated heterocycles. The van der Waals surface area contributed by atoms with Gasteiger partial charge in [-0.25, -0.2) is 14.6 Å². The van der Waals surface area contributed by atoms with Crippen LogP contribution < -0.4 is 0 Å². The van der Waals surface area contributed by atoms with Crippen LogP contribution in [0.25, 0.3) is 11.3 Å². The summed E-state index contributed by atoms with van der Waals surface area (Å²) in [6, 6.07) is 16.8. The Hall–Kier alpha value is -3.71. The Morgan fingerprint density at radius 1 is 1.09 bits per heavy atom. The summed E-state index contributed by atoms with van der Waals surface area (Å²) in [5.41, 5.74) is 1.82. The molecule has 2 aliphatic rings. The lowest BCUT2D eigenvalue weighted by atomic mass is 9.91. The molecular formula is C24H17ClN2O5. The number of esters is 1. The van der Waals surface area contributed by atoms with Crippen LogP contribution in [0.4, 0.5) is 0 Å². The van der Waals surface area contributed by atoms with Gasteiger partial charge in [0, 0.05) is 24.1 Å². The molecule has 5 rings (SSSR count). The molecule has 1 aromatic heterocycles. The Balaban J connectivity index is 1.40. The Morgan fingerprint density at radius 3 is 2.69 bits per heavy atom. The van der Waals surface area contributed by atoms with Gasteiger partial charge >= 0.3 is 11.9 Å². The minimum Gasteiger partial charge on any atom is -0.477 e. The number of aromatic nitrogens is 1. The van der Waals surface area contributed by atoms with Crippen molar-refractivity contribution in [2.24, 2.45) is 0 Å². The lowest BCUT2D eigenvalue weighted by Gasteiger charge is -2.24. The summed E-state index contributed by atoms with van der Waals surface area (Å²) in [4.78, 5) is 42.4. The van der Waals surface area contributed by atoms with Crippen molar-refractivity contribution < 1.29 is 24.2 Å². The van der Waals surface area contributed by atoms with Gasteiger partial charge in [0.15, 0.2) is 5.60 Å². The van der Waals surface area contributed by atoms with Crippen molar-refractivity contribution in [2.75, 3.05) is 13.1 Å². The maximum absolute atomic E-state index is 13.2. The third-order valence-electron chi connectivity index (χ3n) is 5.91. The molecule has 1 N–H and O–H groups in total. The number of carboxylic acid groups (broad SMARTS) is 1. The van der Waals surface area contributed by atoms with Crippen LogP contribution in [0.15, 0.2) is 60.7 Å². The first kappa shape index (κ1) is 20.2. The highest BCUT2D eigenvalue weighted by Gasteiger charge is 2.51. The molecule has 1 atom stereocenters. The highest BCUT2D eigenvalue weighted by atomic mass is 35.5. The summed E-state index contributed by atoms with van der Waals surface area (Å²) >= 11 is 6.43. The SMILES string of the molecule is O=C(O)c1cccc(-c2ccc(C(=O)N3CC[C@@]4(C3)OC(=O)c3ccccc34)c(Cl)c2)n1. The zero-order chi connectivity index (χ0) is 22.5. The van der Waals surface area contributed by atoms with Crippen molar-refractivity contribution in [3.05, 3.63) is 88.1 Å². The number of ether oxygens (including phenoxy) is 1. The average Bonchev–Trinajstić information content (AvgIpc) is 3.35. The van der Waals surface area contributed by atoms with E-state index >= 15 is 0 Å². The number of carbonyl (C=O) groups is 3. The summed E-state index contributed by atoms with van der Waals surface area (Å²) in [5, 5.41) is 9.38. The number of hydrogen-bond acceptors (Lipinski definition) is 5. The predicted molar refractivity (Wildman–Crippen MR) is 116 cm³/mol. The molecule has 7 nitrogen and oxygen atoms in total. The van der Waals surface area contributed by atoms with E-state index in [1.165, 1.54) is 6.07 Å². The first-order valence-electron chi connectivity index (χ1n) is 10.0. The van der Waals surface area contributed by atoms with E-state index in [-0.39, 0.29) is 29.1 Å². The zero-order valence-electron chi connectivity index (χ0n) is 16.7. The van der Waals surface area contributed by atoms with E-state index < -0.39 is 11.6 Å². The van der Waals surface area contributed by atoms with Gasteiger partial charge in [-0.2, -0.15) is 0 Å². The number of aromatic carboxylic acids is 1. The quantitative estimate of drug-likeness (QED) is 0.608. The number of nitrogens with zero attached hydrogens (tertiary/aromatic N) is 2. The van der Waals surface area contributed by atoms with Crippen LogP contribution >= 0.6 is 11.6 Å². The third kappa shape index (κ3) is 3.22. The Kier molecular flexibility index (Phi) is 4.71. The van der Waals surface area contributed by atoms with Crippen LogP contribution in [-0.4, -0.2) is 45.9 Å². The van der Waals surface area contributed by atoms with E-state index in [0.29, 0.717) is 35.3 Å². The number of pyridine rings is 1. The highest BCUT2D eigenvalue weighted by Crippen LogP contribution is 2.43. The molecule has 32 heavy (non-hydrogen) atoms. The molecule has 1 spiro atoms. The molecule has 0 bridgehead atoms. The molecule has 1 amide bonds. The lowest BCUT2D eigenvalue weighted by molar-refractivity contribution is -0.00307. The fraction of sp³-hybridized carbons (Fsp3) is 0.167. The minimum absolute atomic E-state index is 0.0764. The fourth-order valence-electron chi connectivity index (χ4n) is 4.34. The van der Waals surface area contributed by atoms with Gasteiger partial charge in [0.05, 0.1) is 28.4 Å². The number of amides is 1. The average molecular weight is 449 g/mol. The van der Waals surface area contributed by atoms with E-state index in [2.05, 4.69) is 4.98 Å². The van der Waals surface area contributed by atoms with Gasteiger partial charge in [-0.15, -0.1) is 0 Å². The summed E-state index contributed by atoms with van der Waals surface area (Å²) in [7, 11) is 0. The smallest absolute Gasteiger partial charge is 0.354 e. The predicted octanol–water partition coefficient (Wildman–Crippen LogP) is 4.01. The molecule has 2 aromatic carbocycles. The van der Waals surface area contributed by atoms with Crippen LogP contribution in [0.3, 0.4) is 0 Å². The normalized spacial score (nSPS) is 19.2. The highest BCUT2D eigenvalue weighted by molar-refractivity contribution is 6.34. The summed E-state index contributed by atoms with van der Waals surface area (Å²) in [6.45, 7) is 0.690. The van der Waals surface area contributed by atoms with Crippen molar-refractivity contribution in [3.63, 3.8) is 0 Å². The summed E-state index contributed by atoms with van der Waals surface area (Å²) in [5.74, 6) is -1.75.